The van der Waals surface area contributed by atoms with E-state index < -0.39 is 6.23 Å². The Morgan fingerprint density at radius 1 is 0.972 bits per heavy atom. The number of thioether (sulfide) groups is 1. The largest absolute Gasteiger partial charge is 0.457 e. The van der Waals surface area contributed by atoms with Crippen LogP contribution in [0.25, 0.3) is 6.08 Å². The molecule has 36 heavy (non-hydrogen) atoms. The number of nitrogens with zero attached hydrogens (tertiary/aromatic N) is 1. The minimum absolute atomic E-state index is 0.133. The Hall–Kier alpha value is -3.65. The van der Waals surface area contributed by atoms with Crippen LogP contribution in [0.1, 0.15) is 16.4 Å². The summed E-state index contributed by atoms with van der Waals surface area (Å²) in [5, 5.41) is 16.1. The number of anilines is 1. The van der Waals surface area contributed by atoms with Gasteiger partial charge in [-0.1, -0.05) is 54.6 Å². The summed E-state index contributed by atoms with van der Waals surface area (Å²) in [6, 6.07) is 25.0. The van der Waals surface area contributed by atoms with Gasteiger partial charge in [-0.3, -0.25) is 9.69 Å². The van der Waals surface area contributed by atoms with Crippen molar-refractivity contribution >= 4 is 46.8 Å². The van der Waals surface area contributed by atoms with Crippen LogP contribution in [0.15, 0.2) is 108 Å². The molecule has 1 fully saturated rings. The highest BCUT2D eigenvalue weighted by Gasteiger charge is 2.37. The van der Waals surface area contributed by atoms with E-state index in [0.717, 1.165) is 11.3 Å². The molecule has 7 heteroatoms. The highest BCUT2D eigenvalue weighted by Crippen LogP contribution is 2.51. The molecular formula is C29H22N2O3S2. The van der Waals surface area contributed by atoms with Gasteiger partial charge in [0.15, 0.2) is 11.3 Å². The van der Waals surface area contributed by atoms with Crippen LogP contribution in [-0.2, 0) is 4.79 Å². The van der Waals surface area contributed by atoms with Gasteiger partial charge in [-0.15, -0.1) is 11.8 Å². The predicted octanol–water partition coefficient (Wildman–Crippen LogP) is 5.96. The number of hydrogen-bond donors (Lipinski definition) is 2. The molecule has 0 saturated carbocycles. The molecule has 1 saturated heterocycles. The van der Waals surface area contributed by atoms with Crippen LogP contribution in [0.3, 0.4) is 0 Å². The number of amides is 1. The standard InChI is InChI=1S/C29H22N2O3S2/c32-27-25(16-19-17-36-26-23-9-5-4-6-18(23)10-15-24(19)26)28(33)31(29(35)30-27)20-11-13-22(14-12-20)34-21-7-2-1-3-8-21/h1-17,24,26-27,32H,(H,30,35)/b25-16+. The molecule has 3 aromatic rings. The van der Waals surface area contributed by atoms with Gasteiger partial charge in [0, 0.05) is 11.2 Å². The summed E-state index contributed by atoms with van der Waals surface area (Å²) < 4.78 is 5.86. The van der Waals surface area contributed by atoms with Crippen molar-refractivity contribution in [1.82, 2.24) is 5.32 Å². The van der Waals surface area contributed by atoms with E-state index in [2.05, 4.69) is 41.1 Å². The number of carbonyl (C=O) groups is 1. The number of fused-ring (bicyclic) bond motifs is 3. The summed E-state index contributed by atoms with van der Waals surface area (Å²) in [5.41, 5.74) is 4.36. The molecule has 2 heterocycles. The first kappa shape index (κ1) is 22.8. The number of aliphatic hydroxyl groups is 1. The van der Waals surface area contributed by atoms with Crippen molar-refractivity contribution in [3.8, 4) is 11.5 Å². The average Bonchev–Trinajstić information content (AvgIpc) is 3.31. The number of ether oxygens (including phenoxy) is 1. The van der Waals surface area contributed by atoms with Gasteiger partial charge in [-0.25, -0.2) is 0 Å². The van der Waals surface area contributed by atoms with Gasteiger partial charge >= 0.3 is 0 Å². The zero-order chi connectivity index (χ0) is 24.6. The summed E-state index contributed by atoms with van der Waals surface area (Å²) in [7, 11) is 0. The Labute approximate surface area is 218 Å². The van der Waals surface area contributed by atoms with Crippen molar-refractivity contribution in [3.05, 3.63) is 119 Å². The fourth-order valence-corrected chi connectivity index (χ4v) is 6.28. The number of benzene rings is 3. The first-order chi connectivity index (χ1) is 17.6. The van der Waals surface area contributed by atoms with E-state index in [9.17, 15) is 9.90 Å². The number of rotatable bonds is 4. The topological polar surface area (TPSA) is 61.8 Å². The smallest absolute Gasteiger partial charge is 0.265 e. The van der Waals surface area contributed by atoms with Crippen molar-refractivity contribution in [2.45, 2.75) is 11.5 Å². The molecule has 178 valence electrons. The Morgan fingerprint density at radius 2 is 1.69 bits per heavy atom. The highest BCUT2D eigenvalue weighted by atomic mass is 32.2. The Morgan fingerprint density at radius 3 is 2.50 bits per heavy atom. The fraction of sp³-hybridized carbons (Fsp3) is 0.103. The molecule has 0 radical (unpaired) electrons. The fourth-order valence-electron chi connectivity index (χ4n) is 4.67. The third-order valence-corrected chi connectivity index (χ3v) is 8.00. The minimum atomic E-state index is -1.17. The van der Waals surface area contributed by atoms with Crippen molar-refractivity contribution < 1.29 is 14.6 Å². The number of carbonyl (C=O) groups excluding carboxylic acids is 1. The van der Waals surface area contributed by atoms with Crippen LogP contribution in [0.5, 0.6) is 11.5 Å². The van der Waals surface area contributed by atoms with Crippen LogP contribution in [0.2, 0.25) is 0 Å². The molecule has 3 aromatic carbocycles. The number of aliphatic hydroxyl groups excluding tert-OH is 1. The molecular weight excluding hydrogens is 488 g/mol. The monoisotopic (exact) mass is 510 g/mol. The maximum atomic E-state index is 13.6. The van der Waals surface area contributed by atoms with Crippen LogP contribution < -0.4 is 15.0 Å². The van der Waals surface area contributed by atoms with Crippen LogP contribution in [0, 0.1) is 5.92 Å². The molecule has 0 bridgehead atoms. The summed E-state index contributed by atoms with van der Waals surface area (Å²) >= 11 is 7.16. The molecule has 6 rings (SSSR count). The number of thiocarbonyl (C=S) groups is 1. The molecule has 5 nitrogen and oxygen atoms in total. The quantitative estimate of drug-likeness (QED) is 0.334. The van der Waals surface area contributed by atoms with E-state index in [1.165, 1.54) is 16.0 Å². The van der Waals surface area contributed by atoms with Crippen LogP contribution in [-0.4, -0.2) is 22.4 Å². The van der Waals surface area contributed by atoms with Crippen molar-refractivity contribution in [1.29, 1.82) is 0 Å². The predicted molar refractivity (Wildman–Crippen MR) is 148 cm³/mol. The van der Waals surface area contributed by atoms with Gasteiger partial charge in [0.25, 0.3) is 5.91 Å². The van der Waals surface area contributed by atoms with Gasteiger partial charge in [-0.2, -0.15) is 0 Å². The van der Waals surface area contributed by atoms with Gasteiger partial charge in [0.1, 0.15) is 11.5 Å². The summed E-state index contributed by atoms with van der Waals surface area (Å²) in [6.07, 6.45) is 4.94. The van der Waals surface area contributed by atoms with Gasteiger partial charge in [0.2, 0.25) is 0 Å². The van der Waals surface area contributed by atoms with Crippen LogP contribution in [0.4, 0.5) is 5.69 Å². The normalized spacial score (nSPS) is 23.7. The van der Waals surface area contributed by atoms with E-state index in [-0.39, 0.29) is 27.8 Å². The van der Waals surface area contributed by atoms with E-state index in [1.807, 2.05) is 36.4 Å². The number of para-hydroxylation sites is 1. The van der Waals surface area contributed by atoms with Gasteiger partial charge < -0.3 is 15.2 Å². The lowest BCUT2D eigenvalue weighted by Gasteiger charge is -2.33. The van der Waals surface area contributed by atoms with E-state index in [4.69, 9.17) is 17.0 Å². The second-order valence-corrected chi connectivity index (χ2v) is 10.1. The van der Waals surface area contributed by atoms with E-state index in [1.54, 1.807) is 42.1 Å². The molecule has 1 aliphatic carbocycles. The maximum Gasteiger partial charge on any atom is 0.265 e. The van der Waals surface area contributed by atoms with E-state index >= 15 is 0 Å². The third kappa shape index (κ3) is 4.15. The summed E-state index contributed by atoms with van der Waals surface area (Å²) in [5.74, 6) is 1.16. The zero-order valence-corrected chi connectivity index (χ0v) is 20.7. The molecule has 3 atom stereocenters. The molecule has 2 N–H and O–H groups in total. The lowest BCUT2D eigenvalue weighted by atomic mass is 9.84. The number of allylic oxidation sites excluding steroid dienone is 3. The van der Waals surface area contributed by atoms with Crippen molar-refractivity contribution in [2.75, 3.05) is 4.90 Å². The first-order valence-electron chi connectivity index (χ1n) is 11.6. The molecule has 2 aliphatic heterocycles. The Kier molecular flexibility index (Phi) is 5.97. The van der Waals surface area contributed by atoms with Gasteiger partial charge in [0.05, 0.1) is 11.3 Å². The molecule has 0 spiro atoms. The highest BCUT2D eigenvalue weighted by molar-refractivity contribution is 8.02. The second kappa shape index (κ2) is 9.43. The SMILES string of the molecule is O=C1/C(=C/C2=CSC3c4ccccc4C=CC23)C(O)NC(=S)N1c1ccc(Oc2ccccc2)cc1. The first-order valence-corrected chi connectivity index (χ1v) is 12.9. The molecule has 0 aromatic heterocycles. The Bertz CT molecular complexity index is 1430. The van der Waals surface area contributed by atoms with Crippen molar-refractivity contribution in [2.24, 2.45) is 5.92 Å². The second-order valence-electron chi connectivity index (χ2n) is 8.69. The average molecular weight is 511 g/mol. The summed E-state index contributed by atoms with van der Waals surface area (Å²) in [4.78, 5) is 15.0. The number of nitrogens with one attached hydrogen (secondary N) is 1. The lowest BCUT2D eigenvalue weighted by molar-refractivity contribution is -0.115. The number of hydrogen-bond acceptors (Lipinski definition) is 5. The third-order valence-electron chi connectivity index (χ3n) is 6.45. The Balaban J connectivity index is 1.25. The van der Waals surface area contributed by atoms with E-state index in [0.29, 0.717) is 11.4 Å². The molecule has 3 aliphatic rings. The minimum Gasteiger partial charge on any atom is -0.457 e. The van der Waals surface area contributed by atoms with Crippen LogP contribution >= 0.6 is 24.0 Å². The zero-order valence-electron chi connectivity index (χ0n) is 19.1. The lowest BCUT2D eigenvalue weighted by Crippen LogP contribution is -2.56. The van der Waals surface area contributed by atoms with Gasteiger partial charge in [-0.05, 0) is 76.8 Å². The molecule has 3 unspecified atom stereocenters. The maximum absolute atomic E-state index is 13.6. The molecule has 1 amide bonds. The van der Waals surface area contributed by atoms with Crippen molar-refractivity contribution in [3.63, 3.8) is 0 Å². The summed E-state index contributed by atoms with van der Waals surface area (Å²) in [6.45, 7) is 0.